The average molecular weight is 331 g/mol. The summed E-state index contributed by atoms with van der Waals surface area (Å²) >= 11 is 9.38. The first kappa shape index (κ1) is 13.4. The van der Waals surface area contributed by atoms with E-state index < -0.39 is 0 Å². The van der Waals surface area contributed by atoms with E-state index in [1.807, 2.05) is 19.9 Å². The lowest BCUT2D eigenvalue weighted by Crippen LogP contribution is -1.95. The van der Waals surface area contributed by atoms with E-state index in [1.54, 1.807) is 6.92 Å². The van der Waals surface area contributed by atoms with Crippen molar-refractivity contribution in [2.75, 3.05) is 5.32 Å². The Labute approximate surface area is 119 Å². The molecule has 0 saturated heterocycles. The van der Waals surface area contributed by atoms with Crippen LogP contribution in [0.4, 0.5) is 11.7 Å². The van der Waals surface area contributed by atoms with Crippen LogP contribution in [0.15, 0.2) is 21.0 Å². The molecular weight excluding hydrogens is 318 g/mol. The number of rotatable bonds is 3. The van der Waals surface area contributed by atoms with Gasteiger partial charge < -0.3 is 9.73 Å². The maximum Gasteiger partial charge on any atom is 0.320 e. The summed E-state index contributed by atoms with van der Waals surface area (Å²) in [6.45, 7) is 5.84. The van der Waals surface area contributed by atoms with E-state index in [0.717, 1.165) is 15.7 Å². The summed E-state index contributed by atoms with van der Waals surface area (Å²) < 4.78 is 6.36. The molecule has 6 heteroatoms. The summed E-state index contributed by atoms with van der Waals surface area (Å²) in [5, 5.41) is 10.6. The highest BCUT2D eigenvalue weighted by Gasteiger charge is 2.13. The number of hydrogen-bond donors (Lipinski definition) is 1. The van der Waals surface area contributed by atoms with Gasteiger partial charge in [-0.05, 0) is 53.9 Å². The maximum atomic E-state index is 5.87. The second-order valence-corrected chi connectivity index (χ2v) is 5.63. The molecular formula is C12H13BrClN3O. The first-order valence-electron chi connectivity index (χ1n) is 5.48. The number of anilines is 2. The molecule has 1 aromatic heterocycles. The quantitative estimate of drug-likeness (QED) is 0.842. The Morgan fingerprint density at radius 1 is 1.33 bits per heavy atom. The van der Waals surface area contributed by atoms with Crippen LogP contribution in [0.5, 0.6) is 0 Å². The fourth-order valence-electron chi connectivity index (χ4n) is 1.63. The molecule has 18 heavy (non-hydrogen) atoms. The number of hydrogen-bond acceptors (Lipinski definition) is 4. The summed E-state index contributed by atoms with van der Waals surface area (Å²) in [7, 11) is 0. The second-order valence-electron chi connectivity index (χ2n) is 4.13. The van der Waals surface area contributed by atoms with Gasteiger partial charge >= 0.3 is 6.01 Å². The molecule has 1 heterocycles. The van der Waals surface area contributed by atoms with Crippen molar-refractivity contribution in [3.63, 3.8) is 0 Å². The monoisotopic (exact) mass is 329 g/mol. The van der Waals surface area contributed by atoms with Crippen molar-refractivity contribution in [3.8, 4) is 0 Å². The van der Waals surface area contributed by atoms with E-state index >= 15 is 0 Å². The van der Waals surface area contributed by atoms with E-state index in [0.29, 0.717) is 11.9 Å². The first-order valence-corrected chi connectivity index (χ1v) is 6.71. The Hall–Kier alpha value is -1.07. The van der Waals surface area contributed by atoms with Crippen LogP contribution in [0.1, 0.15) is 29.3 Å². The fourth-order valence-corrected chi connectivity index (χ4v) is 2.49. The first-order chi connectivity index (χ1) is 8.47. The number of nitrogens with zero attached hydrogens (tertiary/aromatic N) is 2. The zero-order chi connectivity index (χ0) is 13.3. The van der Waals surface area contributed by atoms with Crippen molar-refractivity contribution in [3.05, 3.63) is 33.6 Å². The number of benzene rings is 1. The van der Waals surface area contributed by atoms with Gasteiger partial charge in [-0.3, -0.25) is 0 Å². The van der Waals surface area contributed by atoms with Crippen LogP contribution in [0.25, 0.3) is 0 Å². The van der Waals surface area contributed by atoms with Crippen molar-refractivity contribution in [2.45, 2.75) is 26.1 Å². The Kier molecular flexibility index (Phi) is 3.92. The lowest BCUT2D eigenvalue weighted by molar-refractivity contribution is 0.510. The highest BCUT2D eigenvalue weighted by molar-refractivity contribution is 9.10. The topological polar surface area (TPSA) is 51.0 Å². The molecule has 0 spiro atoms. The van der Waals surface area contributed by atoms with Crippen molar-refractivity contribution >= 4 is 39.2 Å². The van der Waals surface area contributed by atoms with Crippen LogP contribution in [-0.2, 0) is 0 Å². The molecule has 1 N–H and O–H groups in total. The van der Waals surface area contributed by atoms with Crippen LogP contribution >= 0.6 is 27.5 Å². The van der Waals surface area contributed by atoms with E-state index in [2.05, 4.69) is 37.5 Å². The molecule has 2 aromatic rings. The van der Waals surface area contributed by atoms with Gasteiger partial charge in [0.15, 0.2) is 0 Å². The molecule has 0 aliphatic carbocycles. The molecule has 0 bridgehead atoms. The van der Waals surface area contributed by atoms with Gasteiger partial charge in [-0.1, -0.05) is 11.2 Å². The van der Waals surface area contributed by atoms with E-state index in [4.69, 9.17) is 16.0 Å². The molecule has 1 atom stereocenters. The third kappa shape index (κ3) is 2.84. The maximum absolute atomic E-state index is 5.87. The average Bonchev–Trinajstić information content (AvgIpc) is 2.71. The minimum atomic E-state index is -0.296. The Morgan fingerprint density at radius 3 is 2.61 bits per heavy atom. The summed E-state index contributed by atoms with van der Waals surface area (Å²) in [4.78, 5) is 0. The van der Waals surface area contributed by atoms with Gasteiger partial charge in [0.2, 0.25) is 5.89 Å². The molecule has 0 fully saturated rings. The standard InChI is InChI=1S/C12H13BrClN3O/c1-6-4-7(2)10(9(13)5-6)15-12-17-16-11(18-12)8(3)14/h4-5,8H,1-3H3,(H,15,17). The van der Waals surface area contributed by atoms with Crippen molar-refractivity contribution in [1.82, 2.24) is 10.2 Å². The van der Waals surface area contributed by atoms with Gasteiger partial charge in [0.25, 0.3) is 0 Å². The van der Waals surface area contributed by atoms with Crippen LogP contribution in [0.3, 0.4) is 0 Å². The van der Waals surface area contributed by atoms with Crippen LogP contribution in [0, 0.1) is 13.8 Å². The minimum Gasteiger partial charge on any atom is -0.406 e. The van der Waals surface area contributed by atoms with Gasteiger partial charge in [0, 0.05) is 4.47 Å². The largest absolute Gasteiger partial charge is 0.406 e. The van der Waals surface area contributed by atoms with Gasteiger partial charge in [-0.15, -0.1) is 16.7 Å². The van der Waals surface area contributed by atoms with Crippen LogP contribution in [-0.4, -0.2) is 10.2 Å². The summed E-state index contributed by atoms with van der Waals surface area (Å²) in [6.07, 6.45) is 0. The van der Waals surface area contributed by atoms with E-state index in [1.165, 1.54) is 5.56 Å². The summed E-state index contributed by atoms with van der Waals surface area (Å²) in [5.74, 6) is 0.403. The number of nitrogens with one attached hydrogen (secondary N) is 1. The van der Waals surface area contributed by atoms with Crippen LogP contribution < -0.4 is 5.32 Å². The van der Waals surface area contributed by atoms with Gasteiger partial charge in [0.05, 0.1) is 5.69 Å². The second kappa shape index (κ2) is 5.28. The molecule has 1 unspecified atom stereocenters. The van der Waals surface area contributed by atoms with Gasteiger partial charge in [-0.2, -0.15) is 0 Å². The molecule has 0 amide bonds. The SMILES string of the molecule is Cc1cc(C)c(Nc2nnc(C(C)Cl)o2)c(Br)c1. The number of alkyl halides is 1. The number of aromatic nitrogens is 2. The molecule has 2 rings (SSSR count). The predicted octanol–water partition coefficient (Wildman–Crippen LogP) is 4.49. The Balaban J connectivity index is 2.28. The van der Waals surface area contributed by atoms with E-state index in [9.17, 15) is 0 Å². The lowest BCUT2D eigenvalue weighted by Gasteiger charge is -2.09. The molecule has 1 aromatic carbocycles. The number of halogens is 2. The molecule has 0 aliphatic heterocycles. The highest BCUT2D eigenvalue weighted by atomic mass is 79.9. The predicted molar refractivity (Wildman–Crippen MR) is 75.5 cm³/mol. The lowest BCUT2D eigenvalue weighted by atomic mass is 10.1. The van der Waals surface area contributed by atoms with Gasteiger partial charge in [0.1, 0.15) is 5.38 Å². The zero-order valence-corrected chi connectivity index (χ0v) is 12.6. The van der Waals surface area contributed by atoms with E-state index in [-0.39, 0.29) is 5.38 Å². The minimum absolute atomic E-state index is 0.296. The molecule has 0 saturated carbocycles. The highest BCUT2D eigenvalue weighted by Crippen LogP contribution is 2.30. The zero-order valence-electron chi connectivity index (χ0n) is 10.3. The molecule has 0 aliphatic rings. The summed E-state index contributed by atoms with van der Waals surface area (Å²) in [5.41, 5.74) is 3.20. The Morgan fingerprint density at radius 2 is 2.06 bits per heavy atom. The number of aryl methyl sites for hydroxylation is 2. The fraction of sp³-hybridized carbons (Fsp3) is 0.333. The molecule has 0 radical (unpaired) electrons. The van der Waals surface area contributed by atoms with Crippen LogP contribution in [0.2, 0.25) is 0 Å². The Bertz CT molecular complexity index is 545. The third-order valence-corrected chi connectivity index (χ3v) is 3.26. The van der Waals surface area contributed by atoms with Crippen molar-refractivity contribution in [1.29, 1.82) is 0 Å². The summed E-state index contributed by atoms with van der Waals surface area (Å²) in [6, 6.07) is 4.44. The molecule has 4 nitrogen and oxygen atoms in total. The smallest absolute Gasteiger partial charge is 0.320 e. The third-order valence-electron chi connectivity index (χ3n) is 2.44. The van der Waals surface area contributed by atoms with Crippen molar-refractivity contribution < 1.29 is 4.42 Å². The van der Waals surface area contributed by atoms with Crippen molar-refractivity contribution in [2.24, 2.45) is 0 Å². The van der Waals surface area contributed by atoms with Gasteiger partial charge in [-0.25, -0.2) is 0 Å². The molecule has 96 valence electrons. The normalized spacial score (nSPS) is 12.5.